The lowest BCUT2D eigenvalue weighted by atomic mass is 9.81. The number of aliphatic carboxylic acids is 1. The fourth-order valence-corrected chi connectivity index (χ4v) is 3.88. The van der Waals surface area contributed by atoms with Gasteiger partial charge in [0.15, 0.2) is 0 Å². The first-order valence-electron chi connectivity index (χ1n) is 9.42. The maximum absolute atomic E-state index is 12.7. The first kappa shape index (κ1) is 19.8. The number of carbonyl (C=O) groups excluding carboxylic acids is 2. The van der Waals surface area contributed by atoms with Crippen molar-refractivity contribution in [2.24, 2.45) is 11.8 Å². The summed E-state index contributed by atoms with van der Waals surface area (Å²) in [5.41, 5.74) is 0.321. The summed E-state index contributed by atoms with van der Waals surface area (Å²) in [4.78, 5) is 49.9. The molecule has 9 nitrogen and oxygen atoms in total. The molecule has 0 spiro atoms. The average molecular weight is 389 g/mol. The molecule has 28 heavy (non-hydrogen) atoms. The van der Waals surface area contributed by atoms with Gasteiger partial charge in [-0.25, -0.2) is 0 Å². The molecule has 1 N–H and O–H groups in total. The van der Waals surface area contributed by atoms with E-state index in [0.29, 0.717) is 57.4 Å². The van der Waals surface area contributed by atoms with E-state index in [2.05, 4.69) is 0 Å². The number of carboxylic acids is 1. The van der Waals surface area contributed by atoms with E-state index in [4.69, 9.17) is 5.11 Å². The van der Waals surface area contributed by atoms with Gasteiger partial charge < -0.3 is 14.9 Å². The number of non-ortho nitro benzene ring substituents is 1. The van der Waals surface area contributed by atoms with Crippen molar-refractivity contribution in [1.82, 2.24) is 9.80 Å². The number of rotatable bonds is 4. The average Bonchev–Trinajstić information content (AvgIpc) is 2.73. The molecule has 1 aliphatic carbocycles. The van der Waals surface area contributed by atoms with E-state index >= 15 is 0 Å². The number of carboxylic acid groups (broad SMARTS) is 1. The van der Waals surface area contributed by atoms with Gasteiger partial charge in [0.1, 0.15) is 0 Å². The Morgan fingerprint density at radius 2 is 1.39 bits per heavy atom. The summed E-state index contributed by atoms with van der Waals surface area (Å²) in [6, 6.07) is 5.50. The minimum absolute atomic E-state index is 0.0475. The molecule has 1 heterocycles. The fraction of sp³-hybridized carbons (Fsp3) is 0.526. The maximum Gasteiger partial charge on any atom is 0.306 e. The Hall–Kier alpha value is -2.97. The minimum atomic E-state index is -0.788. The summed E-state index contributed by atoms with van der Waals surface area (Å²) in [7, 11) is 0. The van der Waals surface area contributed by atoms with Crippen LogP contribution in [0.2, 0.25) is 0 Å². The zero-order chi connectivity index (χ0) is 20.3. The van der Waals surface area contributed by atoms with Crippen LogP contribution < -0.4 is 0 Å². The van der Waals surface area contributed by atoms with Gasteiger partial charge in [0.2, 0.25) is 5.91 Å². The summed E-state index contributed by atoms with van der Waals surface area (Å²) in [5, 5.41) is 19.8. The van der Waals surface area contributed by atoms with Crippen molar-refractivity contribution in [3.8, 4) is 0 Å². The minimum Gasteiger partial charge on any atom is -0.481 e. The quantitative estimate of drug-likeness (QED) is 0.619. The van der Waals surface area contributed by atoms with Crippen molar-refractivity contribution in [2.45, 2.75) is 25.7 Å². The van der Waals surface area contributed by atoms with Crippen LogP contribution in [0.15, 0.2) is 24.3 Å². The van der Waals surface area contributed by atoms with Gasteiger partial charge in [-0.05, 0) is 37.8 Å². The zero-order valence-electron chi connectivity index (χ0n) is 15.5. The Labute approximate surface area is 162 Å². The molecule has 1 saturated carbocycles. The highest BCUT2D eigenvalue weighted by Gasteiger charge is 2.33. The van der Waals surface area contributed by atoms with Gasteiger partial charge in [-0.3, -0.25) is 24.5 Å². The zero-order valence-corrected chi connectivity index (χ0v) is 15.5. The van der Waals surface area contributed by atoms with Gasteiger partial charge in [-0.15, -0.1) is 0 Å². The second kappa shape index (κ2) is 8.37. The van der Waals surface area contributed by atoms with Crippen molar-refractivity contribution in [3.05, 3.63) is 39.9 Å². The van der Waals surface area contributed by atoms with Crippen LogP contribution >= 0.6 is 0 Å². The van der Waals surface area contributed by atoms with Crippen LogP contribution in [0.5, 0.6) is 0 Å². The lowest BCUT2D eigenvalue weighted by molar-refractivity contribution is -0.384. The molecule has 2 amide bonds. The van der Waals surface area contributed by atoms with E-state index in [9.17, 15) is 24.5 Å². The molecule has 1 aliphatic heterocycles. The third-order valence-corrected chi connectivity index (χ3v) is 5.63. The molecule has 2 aliphatic rings. The van der Waals surface area contributed by atoms with E-state index in [1.807, 2.05) is 0 Å². The van der Waals surface area contributed by atoms with E-state index < -0.39 is 10.9 Å². The van der Waals surface area contributed by atoms with Crippen LogP contribution in [0.4, 0.5) is 5.69 Å². The van der Waals surface area contributed by atoms with Crippen molar-refractivity contribution < 1.29 is 24.4 Å². The van der Waals surface area contributed by atoms with Crippen LogP contribution in [-0.4, -0.2) is 63.8 Å². The molecule has 2 fully saturated rings. The Morgan fingerprint density at radius 1 is 0.893 bits per heavy atom. The highest BCUT2D eigenvalue weighted by Crippen LogP contribution is 2.30. The molecule has 1 saturated heterocycles. The number of hydrogen-bond acceptors (Lipinski definition) is 5. The van der Waals surface area contributed by atoms with E-state index in [-0.39, 0.29) is 29.3 Å². The molecule has 3 rings (SSSR count). The third-order valence-electron chi connectivity index (χ3n) is 5.63. The highest BCUT2D eigenvalue weighted by molar-refractivity contribution is 5.94. The van der Waals surface area contributed by atoms with Crippen LogP contribution in [0.3, 0.4) is 0 Å². The van der Waals surface area contributed by atoms with E-state index in [1.165, 1.54) is 24.3 Å². The van der Waals surface area contributed by atoms with Crippen molar-refractivity contribution in [3.63, 3.8) is 0 Å². The molecule has 9 heteroatoms. The first-order chi connectivity index (χ1) is 13.4. The Balaban J connectivity index is 1.51. The summed E-state index contributed by atoms with van der Waals surface area (Å²) in [6.45, 7) is 1.70. The highest BCUT2D eigenvalue weighted by atomic mass is 16.6. The molecule has 0 atom stereocenters. The summed E-state index contributed by atoms with van der Waals surface area (Å²) in [6.07, 6.45) is 2.25. The normalized spacial score (nSPS) is 22.6. The predicted octanol–water partition coefficient (Wildman–Crippen LogP) is 1.77. The fourth-order valence-electron chi connectivity index (χ4n) is 3.88. The smallest absolute Gasteiger partial charge is 0.306 e. The van der Waals surface area contributed by atoms with E-state index in [1.54, 1.807) is 9.80 Å². The van der Waals surface area contributed by atoms with E-state index in [0.717, 1.165) is 0 Å². The molecular weight excluding hydrogens is 366 g/mol. The Bertz CT molecular complexity index is 762. The topological polar surface area (TPSA) is 121 Å². The van der Waals surface area contributed by atoms with Crippen molar-refractivity contribution >= 4 is 23.5 Å². The molecule has 150 valence electrons. The molecule has 0 aromatic heterocycles. The second-order valence-electron chi connectivity index (χ2n) is 7.31. The SMILES string of the molecule is O=C(O)C1CCC(C(=O)N2CCN(C(=O)c3ccc([N+](=O)[O-])cc3)CC2)CC1. The lowest BCUT2D eigenvalue weighted by Crippen LogP contribution is -2.52. The number of nitrogens with zero attached hydrogens (tertiary/aromatic N) is 3. The molecule has 1 aromatic carbocycles. The van der Waals surface area contributed by atoms with Gasteiger partial charge in [-0.1, -0.05) is 0 Å². The first-order valence-corrected chi connectivity index (χ1v) is 9.42. The summed E-state index contributed by atoms with van der Waals surface area (Å²) in [5.74, 6) is -1.42. The number of hydrogen-bond donors (Lipinski definition) is 1. The number of nitro benzene ring substituents is 1. The number of amides is 2. The van der Waals surface area contributed by atoms with Crippen molar-refractivity contribution in [1.29, 1.82) is 0 Å². The van der Waals surface area contributed by atoms with Gasteiger partial charge in [0, 0.05) is 49.8 Å². The van der Waals surface area contributed by atoms with Crippen molar-refractivity contribution in [2.75, 3.05) is 26.2 Å². The largest absolute Gasteiger partial charge is 0.481 e. The van der Waals surface area contributed by atoms with Gasteiger partial charge in [0.25, 0.3) is 11.6 Å². The Kier molecular flexibility index (Phi) is 5.91. The lowest BCUT2D eigenvalue weighted by Gasteiger charge is -2.37. The van der Waals surface area contributed by atoms with Gasteiger partial charge in [-0.2, -0.15) is 0 Å². The predicted molar refractivity (Wildman–Crippen MR) is 98.7 cm³/mol. The second-order valence-corrected chi connectivity index (χ2v) is 7.31. The van der Waals surface area contributed by atoms with Gasteiger partial charge >= 0.3 is 5.97 Å². The molecule has 0 unspecified atom stereocenters. The summed E-state index contributed by atoms with van der Waals surface area (Å²) < 4.78 is 0. The number of nitro groups is 1. The number of piperazine rings is 1. The van der Waals surface area contributed by atoms with Crippen LogP contribution in [0, 0.1) is 22.0 Å². The number of carbonyl (C=O) groups is 3. The van der Waals surface area contributed by atoms with Crippen LogP contribution in [0.25, 0.3) is 0 Å². The molecule has 1 aromatic rings. The summed E-state index contributed by atoms with van der Waals surface area (Å²) >= 11 is 0. The monoisotopic (exact) mass is 389 g/mol. The molecule has 0 bridgehead atoms. The molecule has 0 radical (unpaired) electrons. The molecular formula is C19H23N3O6. The number of benzene rings is 1. The Morgan fingerprint density at radius 3 is 1.89 bits per heavy atom. The van der Waals surface area contributed by atoms with Crippen LogP contribution in [0.1, 0.15) is 36.0 Å². The standard InChI is InChI=1S/C19H23N3O6/c23-17(13-1-3-15(4-2-13)19(25)26)20-9-11-21(12-10-20)18(24)14-5-7-16(8-6-14)22(27)28/h5-8,13,15H,1-4,9-12H2,(H,25,26). The third kappa shape index (κ3) is 4.29. The van der Waals surface area contributed by atoms with Gasteiger partial charge in [0.05, 0.1) is 10.8 Å². The maximum atomic E-state index is 12.7. The van der Waals surface area contributed by atoms with Crippen LogP contribution in [-0.2, 0) is 9.59 Å².